The molecule has 0 spiro atoms. The first-order valence-electron chi connectivity index (χ1n) is 9.26. The second-order valence-corrected chi connectivity index (χ2v) is 7.78. The van der Waals surface area contributed by atoms with Gasteiger partial charge in [0.05, 0.1) is 17.5 Å². The van der Waals surface area contributed by atoms with Crippen LogP contribution in [0.25, 0.3) is 0 Å². The normalized spacial score (nSPS) is 11.3. The Balaban J connectivity index is 2.14. The molecular weight excluding hydrogens is 380 g/mol. The van der Waals surface area contributed by atoms with Gasteiger partial charge in [-0.1, -0.05) is 91.0 Å². The van der Waals surface area contributed by atoms with Gasteiger partial charge < -0.3 is 10.8 Å². The number of rotatable bonds is 6. The van der Waals surface area contributed by atoms with Gasteiger partial charge in [-0.15, -0.1) is 11.3 Å². The summed E-state index contributed by atoms with van der Waals surface area (Å²) in [5.41, 5.74) is 8.98. The zero-order chi connectivity index (χ0) is 20.3. The molecule has 0 radical (unpaired) electrons. The monoisotopic (exact) mass is 400 g/mol. The number of nitrogen functional groups attached to an aromatic ring is 1. The minimum Gasteiger partial charge on any atom is -0.481 e. The van der Waals surface area contributed by atoms with Gasteiger partial charge in [-0.3, -0.25) is 4.79 Å². The molecule has 0 atom stereocenters. The highest BCUT2D eigenvalue weighted by Gasteiger charge is 2.42. The van der Waals surface area contributed by atoms with Crippen molar-refractivity contribution in [1.82, 2.24) is 4.98 Å². The Bertz CT molecular complexity index is 1010. The van der Waals surface area contributed by atoms with Crippen molar-refractivity contribution in [1.29, 1.82) is 0 Å². The summed E-state index contributed by atoms with van der Waals surface area (Å²) in [4.78, 5) is 16.8. The molecule has 29 heavy (non-hydrogen) atoms. The van der Waals surface area contributed by atoms with Crippen LogP contribution in [0.4, 0.5) is 5.13 Å². The highest BCUT2D eigenvalue weighted by atomic mass is 32.1. The van der Waals surface area contributed by atoms with Crippen molar-refractivity contribution < 1.29 is 9.90 Å². The van der Waals surface area contributed by atoms with Crippen molar-refractivity contribution in [3.63, 3.8) is 0 Å². The van der Waals surface area contributed by atoms with Gasteiger partial charge in [0.15, 0.2) is 5.13 Å². The Kier molecular flexibility index (Phi) is 5.14. The minimum atomic E-state index is -0.931. The first-order chi connectivity index (χ1) is 14.1. The molecular formula is C24H20N2O2S. The summed E-state index contributed by atoms with van der Waals surface area (Å²) in [5, 5.41) is 9.87. The van der Waals surface area contributed by atoms with E-state index in [-0.39, 0.29) is 6.42 Å². The summed E-state index contributed by atoms with van der Waals surface area (Å²) < 4.78 is 0. The number of hydrogen-bond donors (Lipinski definition) is 2. The van der Waals surface area contributed by atoms with E-state index < -0.39 is 11.4 Å². The summed E-state index contributed by atoms with van der Waals surface area (Å²) in [6.45, 7) is 0. The third kappa shape index (κ3) is 3.41. The lowest BCUT2D eigenvalue weighted by atomic mass is 9.68. The van der Waals surface area contributed by atoms with Crippen molar-refractivity contribution in [2.45, 2.75) is 11.8 Å². The standard InChI is InChI=1S/C24H20N2O2S/c25-23-26-20(16-21(27)28)22(29-23)24(17-10-4-1-5-11-17,18-12-6-2-7-13-18)19-14-8-3-9-15-19/h1-15H,16H2,(H2,25,26)(H,27,28). The van der Waals surface area contributed by atoms with Crippen molar-refractivity contribution in [3.8, 4) is 0 Å². The molecule has 5 heteroatoms. The van der Waals surface area contributed by atoms with E-state index in [1.54, 1.807) is 0 Å². The Morgan fingerprint density at radius 1 is 0.828 bits per heavy atom. The number of aromatic nitrogens is 1. The van der Waals surface area contributed by atoms with Crippen LogP contribution in [0.5, 0.6) is 0 Å². The fraction of sp³-hybridized carbons (Fsp3) is 0.0833. The van der Waals surface area contributed by atoms with Crippen LogP contribution in [0.3, 0.4) is 0 Å². The molecule has 4 rings (SSSR count). The maximum atomic E-state index is 11.6. The molecule has 0 bridgehead atoms. The second-order valence-electron chi connectivity index (χ2n) is 6.75. The van der Waals surface area contributed by atoms with Gasteiger partial charge in [-0.2, -0.15) is 0 Å². The lowest BCUT2D eigenvalue weighted by molar-refractivity contribution is -0.136. The Hall–Kier alpha value is -3.44. The maximum absolute atomic E-state index is 11.6. The predicted octanol–water partition coefficient (Wildman–Crippen LogP) is 4.74. The van der Waals surface area contributed by atoms with Gasteiger partial charge in [0.25, 0.3) is 0 Å². The lowest BCUT2D eigenvalue weighted by Crippen LogP contribution is -2.31. The van der Waals surface area contributed by atoms with Crippen molar-refractivity contribution in [3.05, 3.63) is 118 Å². The van der Waals surface area contributed by atoms with Gasteiger partial charge in [-0.05, 0) is 16.7 Å². The number of aliphatic carboxylic acids is 1. The number of carbonyl (C=O) groups is 1. The number of carboxylic acids is 1. The third-order valence-corrected chi connectivity index (χ3v) is 6.04. The fourth-order valence-electron chi connectivity index (χ4n) is 3.88. The molecule has 1 aromatic heterocycles. The van der Waals surface area contributed by atoms with Crippen LogP contribution in [-0.4, -0.2) is 16.1 Å². The number of thiazole rings is 1. The molecule has 144 valence electrons. The van der Waals surface area contributed by atoms with Gasteiger partial charge in [-0.25, -0.2) is 4.98 Å². The summed E-state index contributed by atoms with van der Waals surface area (Å²) >= 11 is 1.35. The van der Waals surface area contributed by atoms with Gasteiger partial charge in [0.1, 0.15) is 0 Å². The number of benzene rings is 3. The van der Waals surface area contributed by atoms with Crippen LogP contribution >= 0.6 is 11.3 Å². The lowest BCUT2D eigenvalue weighted by Gasteiger charge is -2.35. The number of nitrogens with two attached hydrogens (primary N) is 1. The van der Waals surface area contributed by atoms with Gasteiger partial charge in [0, 0.05) is 4.88 Å². The minimum absolute atomic E-state index is 0.183. The van der Waals surface area contributed by atoms with Crippen LogP contribution in [0.1, 0.15) is 27.3 Å². The number of hydrogen-bond acceptors (Lipinski definition) is 4. The van der Waals surface area contributed by atoms with E-state index in [1.807, 2.05) is 54.6 Å². The number of nitrogens with zero attached hydrogens (tertiary/aromatic N) is 1. The summed E-state index contributed by atoms with van der Waals surface area (Å²) in [6.07, 6.45) is -0.183. The smallest absolute Gasteiger partial charge is 0.309 e. The zero-order valence-electron chi connectivity index (χ0n) is 15.7. The quantitative estimate of drug-likeness (QED) is 0.459. The van der Waals surface area contributed by atoms with E-state index in [1.165, 1.54) is 11.3 Å². The Morgan fingerprint density at radius 2 is 1.24 bits per heavy atom. The van der Waals surface area contributed by atoms with Crippen LogP contribution in [-0.2, 0) is 16.6 Å². The van der Waals surface area contributed by atoms with Crippen LogP contribution in [0, 0.1) is 0 Å². The SMILES string of the molecule is Nc1nc(CC(=O)O)c(C(c2ccccc2)(c2ccccc2)c2ccccc2)s1. The summed E-state index contributed by atoms with van der Waals surface area (Å²) in [7, 11) is 0. The number of carboxylic acid groups (broad SMARTS) is 1. The van der Waals surface area contributed by atoms with E-state index in [4.69, 9.17) is 5.73 Å². The van der Waals surface area contributed by atoms with E-state index >= 15 is 0 Å². The first kappa shape index (κ1) is 18.9. The van der Waals surface area contributed by atoms with E-state index in [2.05, 4.69) is 41.4 Å². The van der Waals surface area contributed by atoms with Gasteiger partial charge >= 0.3 is 5.97 Å². The summed E-state index contributed by atoms with van der Waals surface area (Å²) in [5.74, 6) is -0.931. The molecule has 4 nitrogen and oxygen atoms in total. The molecule has 4 aromatic rings. The first-order valence-corrected chi connectivity index (χ1v) is 10.1. The number of anilines is 1. The zero-order valence-corrected chi connectivity index (χ0v) is 16.5. The van der Waals surface area contributed by atoms with Crippen molar-refractivity contribution in [2.24, 2.45) is 0 Å². The fourth-order valence-corrected chi connectivity index (χ4v) is 4.99. The van der Waals surface area contributed by atoms with Crippen LogP contribution in [0.2, 0.25) is 0 Å². The van der Waals surface area contributed by atoms with Crippen molar-refractivity contribution >= 4 is 22.4 Å². The third-order valence-electron chi connectivity index (χ3n) is 4.99. The maximum Gasteiger partial charge on any atom is 0.309 e. The molecule has 0 aliphatic carbocycles. The molecule has 0 aliphatic heterocycles. The molecule has 3 aromatic carbocycles. The average molecular weight is 401 g/mol. The molecule has 0 fully saturated rings. The van der Waals surface area contributed by atoms with Crippen LogP contribution in [0.15, 0.2) is 91.0 Å². The van der Waals surface area contributed by atoms with Crippen molar-refractivity contribution in [2.75, 3.05) is 5.73 Å². The largest absolute Gasteiger partial charge is 0.481 e. The highest BCUT2D eigenvalue weighted by molar-refractivity contribution is 7.15. The topological polar surface area (TPSA) is 76.2 Å². The molecule has 0 aliphatic rings. The van der Waals surface area contributed by atoms with Gasteiger partial charge in [0.2, 0.25) is 0 Å². The Morgan fingerprint density at radius 3 is 1.62 bits per heavy atom. The molecule has 1 heterocycles. The molecule has 0 unspecified atom stereocenters. The molecule has 0 saturated carbocycles. The highest BCUT2D eigenvalue weighted by Crippen LogP contribution is 2.48. The molecule has 0 amide bonds. The average Bonchev–Trinajstić information content (AvgIpc) is 3.10. The summed E-state index contributed by atoms with van der Waals surface area (Å²) in [6, 6.07) is 30.3. The molecule has 3 N–H and O–H groups in total. The second kappa shape index (κ2) is 7.89. The molecule has 0 saturated heterocycles. The van der Waals surface area contributed by atoms with Crippen LogP contribution < -0.4 is 5.73 Å². The predicted molar refractivity (Wildman–Crippen MR) is 116 cm³/mol. The Labute approximate surface area is 173 Å². The van der Waals surface area contributed by atoms with E-state index in [0.717, 1.165) is 21.6 Å². The van der Waals surface area contributed by atoms with E-state index in [9.17, 15) is 9.90 Å². The van der Waals surface area contributed by atoms with E-state index in [0.29, 0.717) is 10.8 Å².